The van der Waals surface area contributed by atoms with E-state index in [1.165, 1.54) is 19.3 Å². The fourth-order valence-corrected chi connectivity index (χ4v) is 2.46. The average molecular weight is 231 g/mol. The lowest BCUT2D eigenvalue weighted by Gasteiger charge is -2.42. The number of hydrogen-bond acceptors (Lipinski definition) is 4. The van der Waals surface area contributed by atoms with Gasteiger partial charge in [-0.2, -0.15) is 0 Å². The SMILES string of the molecule is CCC1(Nc2nc(N)cn3ccnc23)CCC1. The number of aromatic nitrogens is 3. The zero-order valence-corrected chi connectivity index (χ0v) is 9.98. The molecule has 5 nitrogen and oxygen atoms in total. The Kier molecular flexibility index (Phi) is 2.21. The van der Waals surface area contributed by atoms with Gasteiger partial charge in [-0.1, -0.05) is 6.92 Å². The van der Waals surface area contributed by atoms with Gasteiger partial charge >= 0.3 is 0 Å². The van der Waals surface area contributed by atoms with E-state index in [0.717, 1.165) is 17.9 Å². The van der Waals surface area contributed by atoms with E-state index in [-0.39, 0.29) is 5.54 Å². The van der Waals surface area contributed by atoms with E-state index in [1.807, 2.05) is 10.6 Å². The van der Waals surface area contributed by atoms with Crippen LogP contribution in [0.15, 0.2) is 18.6 Å². The highest BCUT2D eigenvalue weighted by atomic mass is 15.2. The Hall–Kier alpha value is -1.78. The third-order valence-electron chi connectivity index (χ3n) is 3.76. The lowest BCUT2D eigenvalue weighted by Crippen LogP contribution is -2.44. The predicted molar refractivity (Wildman–Crippen MR) is 67.9 cm³/mol. The molecule has 1 fully saturated rings. The molecule has 0 saturated heterocycles. The van der Waals surface area contributed by atoms with Crippen molar-refractivity contribution < 1.29 is 0 Å². The second kappa shape index (κ2) is 3.61. The smallest absolute Gasteiger partial charge is 0.180 e. The van der Waals surface area contributed by atoms with Crippen LogP contribution in [0.25, 0.3) is 5.65 Å². The summed E-state index contributed by atoms with van der Waals surface area (Å²) in [6.07, 6.45) is 10.2. The normalized spacial score (nSPS) is 17.9. The van der Waals surface area contributed by atoms with Gasteiger partial charge < -0.3 is 15.5 Å². The summed E-state index contributed by atoms with van der Waals surface area (Å²) in [5, 5.41) is 3.54. The van der Waals surface area contributed by atoms with Gasteiger partial charge in [0.1, 0.15) is 5.82 Å². The molecule has 2 aromatic rings. The predicted octanol–water partition coefficient (Wildman–Crippen LogP) is 2.06. The third-order valence-corrected chi connectivity index (χ3v) is 3.76. The van der Waals surface area contributed by atoms with E-state index in [2.05, 4.69) is 22.2 Å². The van der Waals surface area contributed by atoms with Crippen LogP contribution >= 0.6 is 0 Å². The highest BCUT2D eigenvalue weighted by Crippen LogP contribution is 2.38. The monoisotopic (exact) mass is 231 g/mol. The van der Waals surface area contributed by atoms with Crippen molar-refractivity contribution in [1.82, 2.24) is 14.4 Å². The van der Waals surface area contributed by atoms with Gasteiger partial charge in [-0.3, -0.25) is 0 Å². The summed E-state index contributed by atoms with van der Waals surface area (Å²) in [4.78, 5) is 8.69. The van der Waals surface area contributed by atoms with Crippen LogP contribution in [0.1, 0.15) is 32.6 Å². The Morgan fingerprint density at radius 3 is 3.00 bits per heavy atom. The average Bonchev–Trinajstić information content (AvgIpc) is 2.71. The van der Waals surface area contributed by atoms with Gasteiger partial charge in [0, 0.05) is 17.9 Å². The molecule has 2 aromatic heterocycles. The lowest BCUT2D eigenvalue weighted by atomic mass is 9.75. The molecule has 0 aromatic carbocycles. The molecule has 1 aliphatic rings. The minimum Gasteiger partial charge on any atom is -0.382 e. The Morgan fingerprint density at radius 1 is 1.53 bits per heavy atom. The Morgan fingerprint density at radius 2 is 2.35 bits per heavy atom. The fourth-order valence-electron chi connectivity index (χ4n) is 2.46. The van der Waals surface area contributed by atoms with Crippen LogP contribution < -0.4 is 11.1 Å². The molecule has 1 saturated carbocycles. The van der Waals surface area contributed by atoms with Crippen molar-refractivity contribution in [2.24, 2.45) is 0 Å². The Bertz CT molecular complexity index is 535. The van der Waals surface area contributed by atoms with Gasteiger partial charge in [0.25, 0.3) is 0 Å². The van der Waals surface area contributed by atoms with E-state index in [0.29, 0.717) is 5.82 Å². The number of nitrogens with zero attached hydrogens (tertiary/aromatic N) is 3. The van der Waals surface area contributed by atoms with Crippen molar-refractivity contribution in [2.45, 2.75) is 38.1 Å². The minimum absolute atomic E-state index is 0.202. The molecular formula is C12H17N5. The second-order valence-corrected chi connectivity index (χ2v) is 4.78. The molecule has 90 valence electrons. The van der Waals surface area contributed by atoms with Gasteiger partial charge in [0.2, 0.25) is 0 Å². The number of anilines is 2. The Labute approximate surface area is 100 Å². The quantitative estimate of drug-likeness (QED) is 0.848. The molecule has 0 spiro atoms. The van der Waals surface area contributed by atoms with E-state index in [9.17, 15) is 0 Å². The molecular weight excluding hydrogens is 214 g/mol. The molecule has 17 heavy (non-hydrogen) atoms. The van der Waals surface area contributed by atoms with E-state index in [1.54, 1.807) is 12.4 Å². The van der Waals surface area contributed by atoms with Gasteiger partial charge in [0.15, 0.2) is 11.5 Å². The van der Waals surface area contributed by atoms with Crippen LogP contribution in [-0.2, 0) is 0 Å². The topological polar surface area (TPSA) is 68.2 Å². The van der Waals surface area contributed by atoms with Gasteiger partial charge in [-0.25, -0.2) is 9.97 Å². The zero-order valence-electron chi connectivity index (χ0n) is 9.98. The maximum absolute atomic E-state index is 5.80. The van der Waals surface area contributed by atoms with Crippen LogP contribution in [0.5, 0.6) is 0 Å². The van der Waals surface area contributed by atoms with Crippen molar-refractivity contribution in [3.63, 3.8) is 0 Å². The first-order valence-corrected chi connectivity index (χ1v) is 6.10. The molecule has 0 atom stereocenters. The summed E-state index contributed by atoms with van der Waals surface area (Å²) in [6, 6.07) is 0. The molecule has 0 amide bonds. The van der Waals surface area contributed by atoms with Crippen molar-refractivity contribution in [2.75, 3.05) is 11.1 Å². The second-order valence-electron chi connectivity index (χ2n) is 4.78. The zero-order chi connectivity index (χ0) is 11.9. The Balaban J connectivity index is 2.01. The van der Waals surface area contributed by atoms with Crippen LogP contribution in [-0.4, -0.2) is 19.9 Å². The summed E-state index contributed by atoms with van der Waals surface area (Å²) in [6.45, 7) is 2.21. The van der Waals surface area contributed by atoms with Crippen molar-refractivity contribution in [3.05, 3.63) is 18.6 Å². The third kappa shape index (κ3) is 1.62. The van der Waals surface area contributed by atoms with Gasteiger partial charge in [-0.05, 0) is 25.7 Å². The highest BCUT2D eigenvalue weighted by molar-refractivity contribution is 5.66. The first kappa shape index (κ1) is 10.4. The summed E-state index contributed by atoms with van der Waals surface area (Å²) in [5.74, 6) is 1.32. The molecule has 3 rings (SSSR count). The number of imidazole rings is 1. The summed E-state index contributed by atoms with van der Waals surface area (Å²) < 4.78 is 1.91. The van der Waals surface area contributed by atoms with Crippen molar-refractivity contribution >= 4 is 17.3 Å². The number of fused-ring (bicyclic) bond motifs is 1. The van der Waals surface area contributed by atoms with Crippen LogP contribution in [0.4, 0.5) is 11.6 Å². The number of hydrogen-bond donors (Lipinski definition) is 2. The van der Waals surface area contributed by atoms with E-state index >= 15 is 0 Å². The number of rotatable bonds is 3. The summed E-state index contributed by atoms with van der Waals surface area (Å²) in [7, 11) is 0. The summed E-state index contributed by atoms with van der Waals surface area (Å²) in [5.41, 5.74) is 6.85. The van der Waals surface area contributed by atoms with E-state index in [4.69, 9.17) is 5.73 Å². The highest BCUT2D eigenvalue weighted by Gasteiger charge is 2.35. The molecule has 0 aliphatic heterocycles. The minimum atomic E-state index is 0.202. The standard InChI is InChI=1S/C12H17N5/c1-2-12(4-3-5-12)16-10-11-14-6-7-17(11)8-9(13)15-10/h6-8H,2-5,13H2,1H3,(H,15,16). The fraction of sp³-hybridized carbons (Fsp3) is 0.500. The molecule has 3 N–H and O–H groups in total. The van der Waals surface area contributed by atoms with Gasteiger partial charge in [-0.15, -0.1) is 0 Å². The van der Waals surface area contributed by atoms with Crippen LogP contribution in [0.3, 0.4) is 0 Å². The molecule has 0 unspecified atom stereocenters. The number of nitrogen functional groups attached to an aromatic ring is 1. The molecule has 1 aliphatic carbocycles. The molecule has 0 bridgehead atoms. The maximum Gasteiger partial charge on any atom is 0.180 e. The first-order chi connectivity index (χ1) is 8.22. The lowest BCUT2D eigenvalue weighted by molar-refractivity contribution is 0.269. The van der Waals surface area contributed by atoms with Crippen LogP contribution in [0.2, 0.25) is 0 Å². The first-order valence-electron chi connectivity index (χ1n) is 6.10. The van der Waals surface area contributed by atoms with Crippen molar-refractivity contribution in [1.29, 1.82) is 0 Å². The maximum atomic E-state index is 5.80. The molecule has 0 radical (unpaired) electrons. The largest absolute Gasteiger partial charge is 0.382 e. The van der Waals surface area contributed by atoms with Gasteiger partial charge in [0.05, 0.1) is 6.20 Å². The van der Waals surface area contributed by atoms with Crippen molar-refractivity contribution in [3.8, 4) is 0 Å². The number of nitrogens with two attached hydrogens (primary N) is 1. The van der Waals surface area contributed by atoms with E-state index < -0.39 is 0 Å². The molecule has 2 heterocycles. The summed E-state index contributed by atoms with van der Waals surface area (Å²) >= 11 is 0. The molecule has 5 heteroatoms. The number of nitrogens with one attached hydrogen (secondary N) is 1. The van der Waals surface area contributed by atoms with Crippen LogP contribution in [0, 0.1) is 0 Å².